The van der Waals surface area contributed by atoms with Gasteiger partial charge in [0.1, 0.15) is 0 Å². The van der Waals surface area contributed by atoms with Gasteiger partial charge in [-0.05, 0) is 35.7 Å². The first-order valence-corrected chi connectivity index (χ1v) is 8.75. The molecular weight excluding hydrogens is 284 g/mol. The van der Waals surface area contributed by atoms with Crippen LogP contribution in [0.2, 0.25) is 0 Å². The first kappa shape index (κ1) is 14.1. The molecule has 0 saturated heterocycles. The molecule has 0 spiro atoms. The minimum absolute atomic E-state index is 0.0248. The van der Waals surface area contributed by atoms with Crippen molar-refractivity contribution in [2.45, 2.75) is 23.4 Å². The molecule has 0 saturated carbocycles. The van der Waals surface area contributed by atoms with Crippen molar-refractivity contribution in [1.29, 1.82) is 0 Å². The molecule has 0 heterocycles. The summed E-state index contributed by atoms with van der Waals surface area (Å²) in [5, 5.41) is 3.40. The third kappa shape index (κ3) is 2.80. The van der Waals surface area contributed by atoms with Crippen LogP contribution in [0.3, 0.4) is 0 Å². The third-order valence-electron chi connectivity index (χ3n) is 3.86. The number of benzene rings is 2. The van der Waals surface area contributed by atoms with Crippen molar-refractivity contribution in [3.05, 3.63) is 59.7 Å². The summed E-state index contributed by atoms with van der Waals surface area (Å²) in [6.07, 6.45) is 2.02. The van der Waals surface area contributed by atoms with Crippen LogP contribution in [0, 0.1) is 0 Å². The van der Waals surface area contributed by atoms with E-state index in [1.54, 1.807) is 18.2 Å². The van der Waals surface area contributed by atoms with E-state index in [0.717, 1.165) is 17.7 Å². The normalized spacial score (nSPS) is 21.0. The smallest absolute Gasteiger partial charge is 0.175 e. The molecule has 2 atom stereocenters. The highest BCUT2D eigenvalue weighted by molar-refractivity contribution is 7.90. The second kappa shape index (κ2) is 5.16. The van der Waals surface area contributed by atoms with Crippen LogP contribution in [0.4, 0.5) is 5.69 Å². The van der Waals surface area contributed by atoms with Crippen LogP contribution in [0.1, 0.15) is 29.6 Å². The fourth-order valence-electron chi connectivity index (χ4n) is 2.83. The van der Waals surface area contributed by atoms with E-state index in [2.05, 4.69) is 17.4 Å². The topological polar surface area (TPSA) is 72.2 Å². The Bertz CT molecular complexity index is 771. The Kier molecular flexibility index (Phi) is 3.47. The van der Waals surface area contributed by atoms with Crippen LogP contribution in [0.5, 0.6) is 0 Å². The molecular formula is C16H18N2O2S. The number of sulfone groups is 1. The van der Waals surface area contributed by atoms with Gasteiger partial charge in [0.25, 0.3) is 0 Å². The van der Waals surface area contributed by atoms with Gasteiger partial charge in [-0.2, -0.15) is 0 Å². The Morgan fingerprint density at radius 2 is 1.81 bits per heavy atom. The molecule has 110 valence electrons. The molecule has 0 radical (unpaired) electrons. The highest BCUT2D eigenvalue weighted by atomic mass is 32.2. The summed E-state index contributed by atoms with van der Waals surface area (Å²) in [6.45, 7) is 0. The minimum atomic E-state index is -3.19. The van der Waals surface area contributed by atoms with Crippen LogP contribution in [0.15, 0.2) is 53.4 Å². The van der Waals surface area contributed by atoms with E-state index in [-0.39, 0.29) is 12.1 Å². The van der Waals surface area contributed by atoms with Gasteiger partial charge >= 0.3 is 0 Å². The van der Waals surface area contributed by atoms with Crippen molar-refractivity contribution >= 4 is 15.5 Å². The highest BCUT2D eigenvalue weighted by Crippen LogP contribution is 2.39. The summed E-state index contributed by atoms with van der Waals surface area (Å²) in [5.41, 5.74) is 9.30. The summed E-state index contributed by atoms with van der Waals surface area (Å²) >= 11 is 0. The predicted molar refractivity (Wildman–Crippen MR) is 83.9 cm³/mol. The van der Waals surface area contributed by atoms with E-state index >= 15 is 0 Å². The zero-order valence-electron chi connectivity index (χ0n) is 11.8. The van der Waals surface area contributed by atoms with Crippen molar-refractivity contribution < 1.29 is 8.42 Å². The average molecular weight is 302 g/mol. The standard InChI is InChI=1S/C16H18N2O2S/c1-21(19,20)12-6-4-5-11(9-12)18-16-10-15(17)13-7-2-3-8-14(13)16/h2-9,15-16,18H,10,17H2,1H3. The lowest BCUT2D eigenvalue weighted by molar-refractivity contribution is 0.602. The molecule has 0 aromatic heterocycles. The maximum atomic E-state index is 11.6. The Labute approximate surface area is 124 Å². The molecule has 21 heavy (non-hydrogen) atoms. The van der Waals surface area contributed by atoms with Gasteiger partial charge in [0, 0.05) is 18.0 Å². The molecule has 0 aliphatic heterocycles. The Balaban J connectivity index is 1.89. The van der Waals surface area contributed by atoms with Crippen LogP contribution in [0.25, 0.3) is 0 Å². The lowest BCUT2D eigenvalue weighted by atomic mass is 10.1. The van der Waals surface area contributed by atoms with E-state index in [9.17, 15) is 8.42 Å². The number of rotatable bonds is 3. The van der Waals surface area contributed by atoms with E-state index in [1.807, 2.05) is 18.2 Å². The van der Waals surface area contributed by atoms with Crippen molar-refractivity contribution in [1.82, 2.24) is 0 Å². The summed E-state index contributed by atoms with van der Waals surface area (Å²) < 4.78 is 23.2. The number of nitrogens with two attached hydrogens (primary N) is 1. The van der Waals surface area contributed by atoms with Gasteiger partial charge in [-0.15, -0.1) is 0 Å². The molecule has 0 bridgehead atoms. The molecule has 0 fully saturated rings. The Hall–Kier alpha value is -1.85. The van der Waals surface area contributed by atoms with E-state index in [4.69, 9.17) is 5.73 Å². The molecule has 2 unspecified atom stereocenters. The second-order valence-electron chi connectivity index (χ2n) is 5.47. The minimum Gasteiger partial charge on any atom is -0.378 e. The van der Waals surface area contributed by atoms with Crippen LogP contribution >= 0.6 is 0 Å². The third-order valence-corrected chi connectivity index (χ3v) is 4.97. The van der Waals surface area contributed by atoms with Crippen LogP contribution in [-0.2, 0) is 9.84 Å². The van der Waals surface area contributed by atoms with Crippen molar-refractivity contribution in [2.24, 2.45) is 5.73 Å². The summed E-state index contributed by atoms with van der Waals surface area (Å²) in [6, 6.07) is 15.2. The van der Waals surface area contributed by atoms with Crippen molar-refractivity contribution in [3.63, 3.8) is 0 Å². The SMILES string of the molecule is CS(=O)(=O)c1cccc(NC2CC(N)c3ccccc32)c1. The summed E-state index contributed by atoms with van der Waals surface area (Å²) in [4.78, 5) is 0.322. The molecule has 5 heteroatoms. The molecule has 2 aromatic carbocycles. The fraction of sp³-hybridized carbons (Fsp3) is 0.250. The van der Waals surface area contributed by atoms with Gasteiger partial charge < -0.3 is 11.1 Å². The first-order chi connectivity index (χ1) is 9.95. The maximum absolute atomic E-state index is 11.6. The fourth-order valence-corrected chi connectivity index (χ4v) is 3.49. The molecule has 3 N–H and O–H groups in total. The van der Waals surface area contributed by atoms with Crippen LogP contribution in [-0.4, -0.2) is 14.7 Å². The van der Waals surface area contributed by atoms with Gasteiger partial charge in [0.15, 0.2) is 9.84 Å². The molecule has 2 aromatic rings. The highest BCUT2D eigenvalue weighted by Gasteiger charge is 2.28. The number of hydrogen-bond acceptors (Lipinski definition) is 4. The number of nitrogens with one attached hydrogen (secondary N) is 1. The molecule has 4 nitrogen and oxygen atoms in total. The first-order valence-electron chi connectivity index (χ1n) is 6.86. The number of hydrogen-bond donors (Lipinski definition) is 2. The van der Waals surface area contributed by atoms with E-state index in [0.29, 0.717) is 4.90 Å². The molecule has 1 aliphatic rings. The Morgan fingerprint density at radius 1 is 1.10 bits per heavy atom. The van der Waals surface area contributed by atoms with Crippen LogP contribution < -0.4 is 11.1 Å². The maximum Gasteiger partial charge on any atom is 0.175 e. The predicted octanol–water partition coefficient (Wildman–Crippen LogP) is 2.65. The molecule has 0 amide bonds. The van der Waals surface area contributed by atoms with Gasteiger partial charge in [-0.1, -0.05) is 30.3 Å². The lowest BCUT2D eigenvalue weighted by Crippen LogP contribution is -2.10. The number of fused-ring (bicyclic) bond motifs is 1. The van der Waals surface area contributed by atoms with Crippen molar-refractivity contribution in [3.8, 4) is 0 Å². The van der Waals surface area contributed by atoms with E-state index in [1.165, 1.54) is 11.8 Å². The van der Waals surface area contributed by atoms with Gasteiger partial charge in [0.05, 0.1) is 10.9 Å². The second-order valence-corrected chi connectivity index (χ2v) is 7.48. The van der Waals surface area contributed by atoms with E-state index < -0.39 is 9.84 Å². The zero-order valence-corrected chi connectivity index (χ0v) is 12.6. The molecule has 1 aliphatic carbocycles. The summed E-state index contributed by atoms with van der Waals surface area (Å²) in [5.74, 6) is 0. The average Bonchev–Trinajstić information content (AvgIpc) is 2.76. The van der Waals surface area contributed by atoms with Gasteiger partial charge in [0.2, 0.25) is 0 Å². The van der Waals surface area contributed by atoms with Gasteiger partial charge in [-0.3, -0.25) is 0 Å². The molecule has 3 rings (SSSR count). The largest absolute Gasteiger partial charge is 0.378 e. The number of anilines is 1. The lowest BCUT2D eigenvalue weighted by Gasteiger charge is -2.16. The monoisotopic (exact) mass is 302 g/mol. The Morgan fingerprint density at radius 3 is 2.52 bits per heavy atom. The van der Waals surface area contributed by atoms with Gasteiger partial charge in [-0.25, -0.2) is 8.42 Å². The van der Waals surface area contributed by atoms with Crippen molar-refractivity contribution in [2.75, 3.05) is 11.6 Å². The quantitative estimate of drug-likeness (QED) is 0.914. The summed E-state index contributed by atoms with van der Waals surface area (Å²) in [7, 11) is -3.19. The zero-order chi connectivity index (χ0) is 15.0.